The van der Waals surface area contributed by atoms with Gasteiger partial charge in [0.05, 0.1) is 5.52 Å². The summed E-state index contributed by atoms with van der Waals surface area (Å²) in [7, 11) is 0. The number of hydrogen-bond donors (Lipinski definition) is 1. The molecule has 0 fully saturated rings. The van der Waals surface area contributed by atoms with Crippen LogP contribution in [-0.2, 0) is 6.18 Å². The molecule has 1 heterocycles. The molecule has 0 spiro atoms. The molecule has 7 heteroatoms. The zero-order chi connectivity index (χ0) is 13.5. The summed E-state index contributed by atoms with van der Waals surface area (Å²) in [6.45, 7) is 0. The van der Waals surface area contributed by atoms with Gasteiger partial charge in [0.15, 0.2) is 5.69 Å². The number of carbonyl (C=O) groups is 1. The lowest BCUT2D eigenvalue weighted by atomic mass is 10.1. The number of carboxylic acid groups (broad SMARTS) is 1. The number of benzene rings is 1. The minimum atomic E-state index is -4.79. The number of aromatic carboxylic acids is 1. The molecule has 2 aromatic rings. The fourth-order valence-electron chi connectivity index (χ4n) is 1.57. The zero-order valence-corrected chi connectivity index (χ0v) is 10.8. The van der Waals surface area contributed by atoms with E-state index in [1.165, 1.54) is 12.1 Å². The topological polar surface area (TPSA) is 50.2 Å². The van der Waals surface area contributed by atoms with Gasteiger partial charge in [-0.3, -0.25) is 0 Å². The second-order valence-corrected chi connectivity index (χ2v) is 4.55. The molecule has 1 aromatic carbocycles. The molecule has 1 N–H and O–H groups in total. The third kappa shape index (κ3) is 2.14. The SMILES string of the molecule is O=C(O)c1c(C(F)(F)F)nc2ccccc2c1I. The Balaban J connectivity index is 2.93. The van der Waals surface area contributed by atoms with Crippen LogP contribution < -0.4 is 0 Å². The normalized spacial score (nSPS) is 11.8. The summed E-state index contributed by atoms with van der Waals surface area (Å²) in [5, 5.41) is 9.32. The highest BCUT2D eigenvalue weighted by atomic mass is 127. The van der Waals surface area contributed by atoms with Gasteiger partial charge in [-0.1, -0.05) is 18.2 Å². The second-order valence-electron chi connectivity index (χ2n) is 3.47. The van der Waals surface area contributed by atoms with Gasteiger partial charge in [0.1, 0.15) is 5.56 Å². The molecule has 94 valence electrons. The quantitative estimate of drug-likeness (QED) is 0.785. The molecule has 0 atom stereocenters. The van der Waals surface area contributed by atoms with E-state index < -0.39 is 23.4 Å². The average molecular weight is 367 g/mol. The van der Waals surface area contributed by atoms with E-state index in [1.807, 2.05) is 0 Å². The van der Waals surface area contributed by atoms with Gasteiger partial charge in [-0.25, -0.2) is 9.78 Å². The number of hydrogen-bond acceptors (Lipinski definition) is 2. The Morgan fingerprint density at radius 3 is 2.44 bits per heavy atom. The van der Waals surface area contributed by atoms with Crippen LogP contribution in [0.1, 0.15) is 16.1 Å². The van der Waals surface area contributed by atoms with Crippen molar-refractivity contribution in [3.8, 4) is 0 Å². The Bertz CT molecular complexity index is 640. The molecule has 3 nitrogen and oxygen atoms in total. The smallest absolute Gasteiger partial charge is 0.434 e. The summed E-state index contributed by atoms with van der Waals surface area (Å²) < 4.78 is 38.4. The van der Waals surface area contributed by atoms with Gasteiger partial charge in [0.2, 0.25) is 0 Å². The molecule has 2 rings (SSSR count). The summed E-state index contributed by atoms with van der Waals surface area (Å²) in [4.78, 5) is 14.4. The van der Waals surface area contributed by atoms with E-state index in [0.717, 1.165) is 0 Å². The second kappa shape index (κ2) is 4.38. The minimum absolute atomic E-state index is 0.0398. The highest BCUT2D eigenvalue weighted by Gasteiger charge is 2.39. The van der Waals surface area contributed by atoms with Crippen molar-refractivity contribution in [2.24, 2.45) is 0 Å². The molecule has 0 unspecified atom stereocenters. The van der Waals surface area contributed by atoms with Gasteiger partial charge in [-0.05, 0) is 28.7 Å². The Labute approximate surface area is 113 Å². The molecule has 0 amide bonds. The van der Waals surface area contributed by atoms with E-state index in [0.29, 0.717) is 5.39 Å². The molecule has 0 saturated carbocycles. The van der Waals surface area contributed by atoms with Crippen LogP contribution in [0.5, 0.6) is 0 Å². The van der Waals surface area contributed by atoms with Gasteiger partial charge in [0, 0.05) is 8.96 Å². The number of para-hydroxylation sites is 1. The molecular formula is C11H5F3INO2. The molecule has 0 bridgehead atoms. The van der Waals surface area contributed by atoms with Crippen molar-refractivity contribution in [1.29, 1.82) is 0 Å². The standard InChI is InChI=1S/C11H5F3INO2/c12-11(13,14)9-7(10(17)18)8(15)5-3-1-2-4-6(5)16-9/h1-4H,(H,17,18). The first-order valence-corrected chi connectivity index (χ1v) is 5.79. The van der Waals surface area contributed by atoms with E-state index in [1.54, 1.807) is 34.7 Å². The summed E-state index contributed by atoms with van der Waals surface area (Å²) in [6.07, 6.45) is -4.79. The Morgan fingerprint density at radius 1 is 1.28 bits per heavy atom. The third-order valence-electron chi connectivity index (χ3n) is 2.31. The highest BCUT2D eigenvalue weighted by Crippen LogP contribution is 2.35. The Hall–Kier alpha value is -1.38. The van der Waals surface area contributed by atoms with Crippen LogP contribution >= 0.6 is 22.6 Å². The maximum atomic E-state index is 12.8. The highest BCUT2D eigenvalue weighted by molar-refractivity contribution is 14.1. The van der Waals surface area contributed by atoms with Crippen LogP contribution in [-0.4, -0.2) is 16.1 Å². The molecule has 0 saturated heterocycles. The number of carboxylic acids is 1. The summed E-state index contributed by atoms with van der Waals surface area (Å²) >= 11 is 1.60. The van der Waals surface area contributed by atoms with Gasteiger partial charge in [-0.15, -0.1) is 0 Å². The van der Waals surface area contributed by atoms with Crippen LogP contribution in [0, 0.1) is 3.57 Å². The first kappa shape index (κ1) is 13.1. The lowest BCUT2D eigenvalue weighted by Gasteiger charge is -2.12. The van der Waals surface area contributed by atoms with E-state index in [9.17, 15) is 18.0 Å². The number of halogens is 4. The number of pyridine rings is 1. The average Bonchev–Trinajstić information content (AvgIpc) is 2.27. The lowest BCUT2D eigenvalue weighted by molar-refractivity contribution is -0.141. The van der Waals surface area contributed by atoms with Crippen LogP contribution in [0.2, 0.25) is 0 Å². The number of aromatic nitrogens is 1. The predicted octanol–water partition coefficient (Wildman–Crippen LogP) is 3.56. The van der Waals surface area contributed by atoms with Crippen molar-refractivity contribution >= 4 is 39.5 Å². The van der Waals surface area contributed by atoms with Gasteiger partial charge < -0.3 is 5.11 Å². The van der Waals surface area contributed by atoms with E-state index >= 15 is 0 Å². The number of fused-ring (bicyclic) bond motifs is 1. The minimum Gasteiger partial charge on any atom is -0.478 e. The molecule has 0 radical (unpaired) electrons. The molecular weight excluding hydrogens is 362 g/mol. The number of rotatable bonds is 1. The van der Waals surface area contributed by atoms with Gasteiger partial charge in [-0.2, -0.15) is 13.2 Å². The maximum absolute atomic E-state index is 12.8. The summed E-state index contributed by atoms with van der Waals surface area (Å²) in [6, 6.07) is 6.12. The molecule has 0 aliphatic heterocycles. The lowest BCUT2D eigenvalue weighted by Crippen LogP contribution is -2.17. The van der Waals surface area contributed by atoms with Crippen LogP contribution in [0.4, 0.5) is 13.2 Å². The van der Waals surface area contributed by atoms with Crippen molar-refractivity contribution in [1.82, 2.24) is 4.98 Å². The largest absolute Gasteiger partial charge is 0.478 e. The van der Waals surface area contributed by atoms with Gasteiger partial charge >= 0.3 is 12.1 Å². The van der Waals surface area contributed by atoms with Crippen molar-refractivity contribution in [3.05, 3.63) is 39.1 Å². The first-order chi connectivity index (χ1) is 8.32. The summed E-state index contributed by atoms with van der Waals surface area (Å²) in [5.41, 5.74) is -2.04. The molecule has 18 heavy (non-hydrogen) atoms. The fraction of sp³-hybridized carbons (Fsp3) is 0.0909. The van der Waals surface area contributed by atoms with E-state index in [2.05, 4.69) is 4.98 Å². The van der Waals surface area contributed by atoms with Crippen molar-refractivity contribution in [2.45, 2.75) is 6.18 Å². The molecule has 1 aromatic heterocycles. The van der Waals surface area contributed by atoms with E-state index in [-0.39, 0.29) is 9.09 Å². The Morgan fingerprint density at radius 2 is 1.89 bits per heavy atom. The predicted molar refractivity (Wildman–Crippen MR) is 66.4 cm³/mol. The van der Waals surface area contributed by atoms with Crippen molar-refractivity contribution in [2.75, 3.05) is 0 Å². The van der Waals surface area contributed by atoms with Crippen molar-refractivity contribution in [3.63, 3.8) is 0 Å². The zero-order valence-electron chi connectivity index (χ0n) is 8.62. The number of nitrogens with zero attached hydrogens (tertiary/aromatic N) is 1. The monoisotopic (exact) mass is 367 g/mol. The van der Waals surface area contributed by atoms with Crippen LogP contribution in [0.3, 0.4) is 0 Å². The number of alkyl halides is 3. The molecule has 0 aliphatic carbocycles. The summed E-state index contributed by atoms with van der Waals surface area (Å²) in [5.74, 6) is -1.63. The van der Waals surface area contributed by atoms with E-state index in [4.69, 9.17) is 5.11 Å². The van der Waals surface area contributed by atoms with Gasteiger partial charge in [0.25, 0.3) is 0 Å². The fourth-order valence-corrected chi connectivity index (χ4v) is 2.51. The van der Waals surface area contributed by atoms with Crippen LogP contribution in [0.25, 0.3) is 10.9 Å². The van der Waals surface area contributed by atoms with Crippen molar-refractivity contribution < 1.29 is 23.1 Å². The maximum Gasteiger partial charge on any atom is 0.434 e. The first-order valence-electron chi connectivity index (χ1n) is 4.71. The molecule has 0 aliphatic rings. The third-order valence-corrected chi connectivity index (χ3v) is 3.43. The van der Waals surface area contributed by atoms with Crippen LogP contribution in [0.15, 0.2) is 24.3 Å². The Kier molecular flexibility index (Phi) is 3.18.